The van der Waals surface area contributed by atoms with Gasteiger partial charge in [-0.2, -0.15) is 4.31 Å². The van der Waals surface area contributed by atoms with Crippen LogP contribution in [0.4, 0.5) is 0 Å². The van der Waals surface area contributed by atoms with Gasteiger partial charge < -0.3 is 4.90 Å². The molecule has 1 aliphatic heterocycles. The van der Waals surface area contributed by atoms with Gasteiger partial charge in [0.25, 0.3) is 0 Å². The maximum Gasteiger partial charge on any atom is 0.243 e. The summed E-state index contributed by atoms with van der Waals surface area (Å²) < 4.78 is 28.3. The van der Waals surface area contributed by atoms with Gasteiger partial charge in [0.05, 0.1) is 37.6 Å². The fourth-order valence-corrected chi connectivity index (χ4v) is 5.35. The SMILES string of the molecule is Cc1ccc(C(C)(C)C)cc1S(=O)(=O)N1CC[NH+](C/C=C/c2ccccc2)CC1. The largest absolute Gasteiger partial charge is 0.329 e. The molecule has 2 aromatic carbocycles. The third-order valence-electron chi connectivity index (χ3n) is 5.62. The fourth-order valence-electron chi connectivity index (χ4n) is 3.66. The summed E-state index contributed by atoms with van der Waals surface area (Å²) in [7, 11) is -3.46. The summed E-state index contributed by atoms with van der Waals surface area (Å²) in [5, 5.41) is 0. The minimum atomic E-state index is -3.46. The highest BCUT2D eigenvalue weighted by atomic mass is 32.2. The van der Waals surface area contributed by atoms with Crippen molar-refractivity contribution >= 4 is 16.1 Å². The van der Waals surface area contributed by atoms with Crippen LogP contribution >= 0.6 is 0 Å². The normalized spacial score (nSPS) is 17.1. The molecule has 29 heavy (non-hydrogen) atoms. The highest BCUT2D eigenvalue weighted by Gasteiger charge is 2.31. The summed E-state index contributed by atoms with van der Waals surface area (Å²) >= 11 is 0. The Morgan fingerprint density at radius 1 is 1.03 bits per heavy atom. The first-order chi connectivity index (χ1) is 13.7. The lowest BCUT2D eigenvalue weighted by Crippen LogP contribution is -3.14. The number of sulfonamides is 1. The van der Waals surface area contributed by atoms with Gasteiger partial charge in [-0.1, -0.05) is 69.3 Å². The zero-order valence-corrected chi connectivity index (χ0v) is 18.8. The molecule has 1 aliphatic rings. The molecule has 1 N–H and O–H groups in total. The lowest BCUT2D eigenvalue weighted by Gasteiger charge is -2.31. The Balaban J connectivity index is 1.65. The maximum atomic E-state index is 13.3. The monoisotopic (exact) mass is 413 g/mol. The first-order valence-corrected chi connectivity index (χ1v) is 11.8. The van der Waals surface area contributed by atoms with Crippen LogP contribution in [-0.2, 0) is 15.4 Å². The number of hydrogen-bond donors (Lipinski definition) is 1. The van der Waals surface area contributed by atoms with Gasteiger partial charge in [-0.3, -0.25) is 0 Å². The van der Waals surface area contributed by atoms with Gasteiger partial charge in [-0.05, 0) is 41.2 Å². The Hall–Kier alpha value is -1.95. The van der Waals surface area contributed by atoms with Crippen LogP contribution in [0.1, 0.15) is 37.5 Å². The van der Waals surface area contributed by atoms with E-state index in [2.05, 4.69) is 45.1 Å². The summed E-state index contributed by atoms with van der Waals surface area (Å²) in [6, 6.07) is 16.1. The van der Waals surface area contributed by atoms with Gasteiger partial charge >= 0.3 is 0 Å². The summed E-state index contributed by atoms with van der Waals surface area (Å²) in [6.45, 7) is 11.9. The summed E-state index contributed by atoms with van der Waals surface area (Å²) in [6.07, 6.45) is 4.32. The molecule has 0 bridgehead atoms. The highest BCUT2D eigenvalue weighted by molar-refractivity contribution is 7.89. The second-order valence-electron chi connectivity index (χ2n) is 8.90. The number of benzene rings is 2. The predicted octanol–water partition coefficient (Wildman–Crippen LogP) is 2.90. The molecule has 0 aromatic heterocycles. The third kappa shape index (κ3) is 5.35. The molecule has 0 spiro atoms. The highest BCUT2D eigenvalue weighted by Crippen LogP contribution is 2.28. The molecule has 3 rings (SSSR count). The maximum absolute atomic E-state index is 13.3. The number of nitrogens with zero attached hydrogens (tertiary/aromatic N) is 1. The van der Waals surface area contributed by atoms with E-state index in [1.54, 1.807) is 4.31 Å². The Morgan fingerprint density at radius 3 is 2.31 bits per heavy atom. The van der Waals surface area contributed by atoms with Crippen molar-refractivity contribution in [1.82, 2.24) is 4.31 Å². The van der Waals surface area contributed by atoms with Crippen LogP contribution < -0.4 is 4.90 Å². The van der Waals surface area contributed by atoms with Crippen LogP contribution in [0.25, 0.3) is 6.08 Å². The minimum Gasteiger partial charge on any atom is -0.329 e. The molecule has 1 fully saturated rings. The molecule has 0 amide bonds. The van der Waals surface area contributed by atoms with Crippen LogP contribution in [0, 0.1) is 6.92 Å². The number of hydrogen-bond acceptors (Lipinski definition) is 2. The van der Waals surface area contributed by atoms with Crippen molar-refractivity contribution in [3.05, 3.63) is 71.3 Å². The van der Waals surface area contributed by atoms with Crippen molar-refractivity contribution in [1.29, 1.82) is 0 Å². The zero-order chi connectivity index (χ0) is 21.1. The second-order valence-corrected chi connectivity index (χ2v) is 10.8. The Labute approximate surface area is 175 Å². The first kappa shape index (κ1) is 21.8. The third-order valence-corrected chi connectivity index (χ3v) is 7.66. The van der Waals surface area contributed by atoms with E-state index in [1.807, 2.05) is 43.3 Å². The van der Waals surface area contributed by atoms with E-state index >= 15 is 0 Å². The van der Waals surface area contributed by atoms with Gasteiger partial charge in [0.2, 0.25) is 10.0 Å². The van der Waals surface area contributed by atoms with Crippen molar-refractivity contribution in [3.63, 3.8) is 0 Å². The number of nitrogens with one attached hydrogen (secondary N) is 1. The fraction of sp³-hybridized carbons (Fsp3) is 0.417. The predicted molar refractivity (Wildman–Crippen MR) is 120 cm³/mol. The Morgan fingerprint density at radius 2 is 1.69 bits per heavy atom. The molecule has 0 saturated carbocycles. The standard InChI is InChI=1S/C24H32N2O2S/c1-20-12-13-22(24(2,3)4)19-23(20)29(27,28)26-17-15-25(16-18-26)14-8-11-21-9-6-5-7-10-21/h5-13,19H,14-18H2,1-4H3/p+1/b11-8+. The van der Waals surface area contributed by atoms with Crippen LogP contribution in [0.3, 0.4) is 0 Å². The molecule has 0 radical (unpaired) electrons. The number of aryl methyl sites for hydroxylation is 1. The average Bonchev–Trinajstić information content (AvgIpc) is 2.68. The van der Waals surface area contributed by atoms with E-state index < -0.39 is 10.0 Å². The van der Waals surface area contributed by atoms with E-state index in [4.69, 9.17) is 0 Å². The van der Waals surface area contributed by atoms with Gasteiger partial charge in [0, 0.05) is 0 Å². The summed E-state index contributed by atoms with van der Waals surface area (Å²) in [5.41, 5.74) is 2.99. The molecule has 5 heteroatoms. The first-order valence-electron chi connectivity index (χ1n) is 10.3. The van der Waals surface area contributed by atoms with Crippen LogP contribution in [0.2, 0.25) is 0 Å². The van der Waals surface area contributed by atoms with Crippen LogP contribution in [-0.4, -0.2) is 45.4 Å². The Bertz CT molecular complexity index is 952. The van der Waals surface area contributed by atoms with Crippen molar-refractivity contribution < 1.29 is 13.3 Å². The van der Waals surface area contributed by atoms with Crippen LogP contribution in [0.5, 0.6) is 0 Å². The van der Waals surface area contributed by atoms with Gasteiger partial charge in [0.1, 0.15) is 0 Å². The van der Waals surface area contributed by atoms with E-state index in [9.17, 15) is 8.42 Å². The summed E-state index contributed by atoms with van der Waals surface area (Å²) in [5.74, 6) is 0. The molecule has 156 valence electrons. The van der Waals surface area contributed by atoms with E-state index in [-0.39, 0.29) is 5.41 Å². The molecule has 1 saturated heterocycles. The number of piperazine rings is 1. The lowest BCUT2D eigenvalue weighted by atomic mass is 9.87. The zero-order valence-electron chi connectivity index (χ0n) is 18.0. The van der Waals surface area contributed by atoms with E-state index in [1.165, 1.54) is 10.5 Å². The number of quaternary nitrogens is 1. The quantitative estimate of drug-likeness (QED) is 0.819. The molecule has 2 aromatic rings. The minimum absolute atomic E-state index is 0.0775. The smallest absolute Gasteiger partial charge is 0.243 e. The van der Waals surface area contributed by atoms with Crippen molar-refractivity contribution in [3.8, 4) is 0 Å². The molecule has 1 heterocycles. The molecule has 4 nitrogen and oxygen atoms in total. The molecule has 0 aliphatic carbocycles. The van der Waals surface area contributed by atoms with E-state index in [0.29, 0.717) is 18.0 Å². The second kappa shape index (κ2) is 8.82. The summed E-state index contributed by atoms with van der Waals surface area (Å²) in [4.78, 5) is 1.88. The molecular weight excluding hydrogens is 380 g/mol. The van der Waals surface area contributed by atoms with Gasteiger partial charge in [-0.25, -0.2) is 8.42 Å². The van der Waals surface area contributed by atoms with Crippen molar-refractivity contribution in [2.24, 2.45) is 0 Å². The topological polar surface area (TPSA) is 41.8 Å². The molecule has 0 unspecified atom stereocenters. The van der Waals surface area contributed by atoms with Gasteiger partial charge in [-0.15, -0.1) is 0 Å². The average molecular weight is 414 g/mol. The van der Waals surface area contributed by atoms with Gasteiger partial charge in [0.15, 0.2) is 0 Å². The van der Waals surface area contributed by atoms with Crippen LogP contribution in [0.15, 0.2) is 59.5 Å². The van der Waals surface area contributed by atoms with Crippen molar-refractivity contribution in [2.75, 3.05) is 32.7 Å². The lowest BCUT2D eigenvalue weighted by molar-refractivity contribution is -0.897. The molecular formula is C24H33N2O2S+. The number of rotatable bonds is 5. The van der Waals surface area contributed by atoms with E-state index in [0.717, 1.165) is 30.8 Å². The van der Waals surface area contributed by atoms with Crippen molar-refractivity contribution in [2.45, 2.75) is 38.0 Å². The Kier molecular flexibility index (Phi) is 6.62. The molecule has 0 atom stereocenters.